The third-order valence-electron chi connectivity index (χ3n) is 20.7. The van der Waals surface area contributed by atoms with E-state index in [9.17, 15) is 124 Å². The Morgan fingerprint density at radius 1 is 0.353 bits per heavy atom. The second-order valence-corrected chi connectivity index (χ2v) is 34.6. The largest absolute Gasteiger partial charge is 0.573 e. The van der Waals surface area contributed by atoms with Gasteiger partial charge in [-0.1, -0.05) is 40.2 Å². The number of phosphoric acid groups is 4. The van der Waals surface area contributed by atoms with Crippen molar-refractivity contribution in [2.75, 3.05) is 40.6 Å². The molecule has 12 heterocycles. The molecule has 0 bridgehead atoms. The molecule has 756 valence electrons. The molecule has 16 rings (SSSR count). The molecule has 4 saturated heterocycles. The maximum atomic E-state index is 13.1. The number of fused-ring (bicyclic) bond motifs is 4. The van der Waals surface area contributed by atoms with Gasteiger partial charge in [-0.15, -0.1) is 26.3 Å². The van der Waals surface area contributed by atoms with Crippen LogP contribution >= 0.6 is 31.3 Å². The molecule has 16 atom stereocenters. The Morgan fingerprint density at radius 2 is 0.683 bits per heavy atom. The zero-order valence-electron chi connectivity index (χ0n) is 69.5. The Morgan fingerprint density at radius 3 is 1.06 bits per heavy atom. The van der Waals surface area contributed by atoms with Crippen LogP contribution in [0, 0.1) is 0 Å². The summed E-state index contributed by atoms with van der Waals surface area (Å²) in [6.07, 6.45) is -30.9. The van der Waals surface area contributed by atoms with E-state index < -0.39 is 238 Å². The lowest BCUT2D eigenvalue weighted by Crippen LogP contribution is -2.43. The van der Waals surface area contributed by atoms with Crippen LogP contribution in [0.5, 0.6) is 23.0 Å². The van der Waals surface area contributed by atoms with Gasteiger partial charge in [-0.25, -0.2) is 37.4 Å². The molecule has 56 nitrogen and oxygen atoms in total. The number of nitrogens with zero attached hydrogens (tertiary/aromatic N) is 12. The van der Waals surface area contributed by atoms with Crippen molar-refractivity contribution in [1.29, 1.82) is 0 Å². The molecule has 4 aliphatic heterocycles. The van der Waals surface area contributed by atoms with Gasteiger partial charge in [-0.05, 0) is 54.6 Å². The van der Waals surface area contributed by atoms with Crippen molar-refractivity contribution in [3.8, 4) is 23.0 Å². The molecule has 0 amide bonds. The van der Waals surface area contributed by atoms with Crippen molar-refractivity contribution in [3.05, 3.63) is 228 Å². The molecule has 66 heteroatoms. The van der Waals surface area contributed by atoms with Gasteiger partial charge in [0.05, 0.1) is 83.0 Å². The van der Waals surface area contributed by atoms with Crippen LogP contribution in [-0.2, 0) is 81.5 Å². The highest BCUT2D eigenvalue weighted by molar-refractivity contribution is 7.47. The molecule has 0 radical (unpaired) electrons. The van der Waals surface area contributed by atoms with Crippen LogP contribution in [-0.4, -0.2) is 264 Å². The van der Waals surface area contributed by atoms with Crippen LogP contribution in [0.15, 0.2) is 178 Å². The Labute approximate surface area is 764 Å². The number of ether oxygens (including phenoxy) is 8. The molecule has 4 unspecified atom stereocenters. The normalized spacial score (nSPS) is 22.9. The lowest BCUT2D eigenvalue weighted by Gasteiger charge is -2.18. The van der Waals surface area contributed by atoms with Crippen molar-refractivity contribution in [2.45, 2.75) is 144 Å². The van der Waals surface area contributed by atoms with Crippen LogP contribution in [0.3, 0.4) is 0 Å². The number of para-hydroxylation sites is 1. The summed E-state index contributed by atoms with van der Waals surface area (Å²) in [5, 5.41) is 98.0. The van der Waals surface area contributed by atoms with Crippen molar-refractivity contribution in [3.63, 3.8) is 0 Å². The number of halogens is 6. The average Bonchev–Trinajstić information content (AvgIpc) is 1.64. The van der Waals surface area contributed by atoms with Crippen LogP contribution in [0.25, 0.3) is 43.9 Å². The summed E-state index contributed by atoms with van der Waals surface area (Å²) in [5.74, 6) is -0.305. The summed E-state index contributed by atoms with van der Waals surface area (Å²) >= 11 is 0. The zero-order valence-corrected chi connectivity index (χ0v) is 73.0. The maximum absolute atomic E-state index is 13.1. The first kappa shape index (κ1) is 106. The fourth-order valence-corrected chi connectivity index (χ4v) is 15.6. The SMILES string of the molecule is C.COc1ccc2onc(Cn3c(=O)ccn([C@@H]4O[C@H](COP(=O)(O)O)[C@H](O)C4O)c3=O)c2c1.COc1cccc2c(Cn3c(=O)ccn([C@@H]4O[C@H](COP(=O)(O)O)[C@H](O)C4O)c3=O)noc12.O=c1ccn([C@@H]2O[C@H](COP(=O)(O)O)[C@H](O)C2O)c(=O)n1Cc1noc2cc(OC(F)(F)F)ccc12.O=c1ccn([C@@H]2O[C@H](COP(=O)(O)O)[C@H](O)C2O)c(=O)n1Cc1noc2cccc(OC(F)(F)F)c12. The molecule has 0 saturated carbocycles. The summed E-state index contributed by atoms with van der Waals surface area (Å²) in [6.45, 7) is -4.80. The summed E-state index contributed by atoms with van der Waals surface area (Å²) in [7, 11) is -16.6. The van der Waals surface area contributed by atoms with Gasteiger partial charge in [0, 0.05) is 60.5 Å². The Hall–Kier alpha value is -11.8. The molecule has 0 aliphatic carbocycles. The molecule has 4 fully saturated rings. The van der Waals surface area contributed by atoms with Crippen LogP contribution in [0.1, 0.15) is 55.1 Å². The Balaban J connectivity index is 0.000000166. The highest BCUT2D eigenvalue weighted by Crippen LogP contribution is 2.44. The number of methoxy groups -OCH3 is 2. The van der Waals surface area contributed by atoms with Gasteiger partial charge in [0.1, 0.15) is 113 Å². The van der Waals surface area contributed by atoms with Gasteiger partial charge in [0.15, 0.2) is 47.4 Å². The first-order chi connectivity index (χ1) is 64.7. The van der Waals surface area contributed by atoms with Crippen LogP contribution in [0.2, 0.25) is 0 Å². The predicted octanol–water partition coefficient (Wildman–Crippen LogP) is -1.84. The number of aliphatic hydroxyl groups is 8. The number of hydrogen-bond acceptors (Lipinski definition) is 40. The molecule has 4 aromatic carbocycles. The fraction of sp³-hybridized carbons (Fsp3) is 0.397. The Kier molecular flexibility index (Phi) is 32.3. The van der Waals surface area contributed by atoms with E-state index in [1.807, 2.05) is 0 Å². The number of aliphatic hydroxyl groups excluding tert-OH is 8. The third-order valence-corrected chi connectivity index (χ3v) is 22.6. The zero-order chi connectivity index (χ0) is 101. The molecule has 139 heavy (non-hydrogen) atoms. The van der Waals surface area contributed by atoms with E-state index in [0.717, 1.165) is 90.1 Å². The summed E-state index contributed by atoms with van der Waals surface area (Å²) < 4.78 is 203. The van der Waals surface area contributed by atoms with E-state index >= 15 is 0 Å². The number of benzene rings is 4. The predicted molar refractivity (Wildman–Crippen MR) is 441 cm³/mol. The molecule has 12 aromatic rings. The summed E-state index contributed by atoms with van der Waals surface area (Å²) in [5.41, 5.74) is -6.06. The van der Waals surface area contributed by atoms with Gasteiger partial charge in [0.2, 0.25) is 5.58 Å². The lowest BCUT2D eigenvalue weighted by atomic mass is 10.1. The number of aromatic nitrogens is 12. The highest BCUT2D eigenvalue weighted by atomic mass is 31.2. The number of alkyl halides is 6. The number of phosphoric ester groups is 4. The van der Waals surface area contributed by atoms with Gasteiger partial charge >= 0.3 is 66.8 Å². The summed E-state index contributed by atoms with van der Waals surface area (Å²) in [6, 6.07) is 20.5. The minimum absolute atomic E-state index is 0. The van der Waals surface area contributed by atoms with Crippen molar-refractivity contribution in [2.24, 2.45) is 0 Å². The smallest absolute Gasteiger partial charge is 0.497 e. The van der Waals surface area contributed by atoms with E-state index in [4.69, 9.17) is 85.7 Å². The molecule has 16 N–H and O–H groups in total. The minimum atomic E-state index is -5.05. The van der Waals surface area contributed by atoms with Crippen molar-refractivity contribution >= 4 is 75.2 Å². The summed E-state index contributed by atoms with van der Waals surface area (Å²) in [4.78, 5) is 172. The van der Waals surface area contributed by atoms with Gasteiger partial charge in [-0.3, -0.25) is 73.8 Å². The average molecular weight is 2070 g/mol. The molecular formula is C73H78F6N12O44P4. The highest BCUT2D eigenvalue weighted by Gasteiger charge is 2.50. The topological polar surface area (TPSA) is 783 Å². The first-order valence-corrected chi connectivity index (χ1v) is 45.1. The number of rotatable bonds is 28. The lowest BCUT2D eigenvalue weighted by molar-refractivity contribution is -0.275. The third kappa shape index (κ3) is 24.8. The van der Waals surface area contributed by atoms with Crippen molar-refractivity contribution in [1.82, 2.24) is 57.2 Å². The van der Waals surface area contributed by atoms with E-state index in [1.165, 1.54) is 32.4 Å². The quantitative estimate of drug-likeness (QED) is 0.0189. The van der Waals surface area contributed by atoms with Crippen LogP contribution in [0.4, 0.5) is 26.3 Å². The second-order valence-electron chi connectivity index (χ2n) is 29.6. The standard InChI is InChI=1S/2C18H17F3N3O11P.2C18H20N3O11P.CH4/c19-18(20,21)34-8-1-2-9-10(22-35-11(9)5-8)6-24-13(25)3-4-23(17(24)28)16-15(27)14(26)12(33-16)7-32-36(29,30)31;19-18(20,21)34-9-2-1-3-10-13(9)8(22-35-10)6-24-12(25)4-5-23(17(24)28)16-15(27)14(26)11(33-16)7-32-36(29,30)31;1-29-9-2-3-12-10(6-9)11(19-32-12)7-21-14(22)4-5-20(18(21)25)17-16(24)15(23)13(31-17)8-30-33(26,27)28;1-29-11-4-2-3-9-10(19-32-16(9)11)7-21-13(22)5-6-20(18(21)25)17-15(24)14(23)12(31-17)8-30-33(26,27)28;/h1-5,12,14-16,26-27H,6-7H2,(H2,29,30,31);1-5,11,14-16,26-27H,6-7H2,(H2,29,30,31);2-6,13,15-17,23-24H,7-8H2,1H3,(H2,26,27,28);2-6,12,14-15,17,23-24H,7-8H2,1H3,(H2,26,27,28);1H4/t12-,14+,15?,16-;11-,14+,15?,16-;13-,15+,16?,17-;12-,14+,15?,17-;/m1111./s1. The Bertz CT molecular complexity index is 7070. The van der Waals surface area contributed by atoms with Gasteiger partial charge < -0.3 is 136 Å². The molecule has 8 aromatic heterocycles. The molecule has 4 aliphatic rings. The van der Waals surface area contributed by atoms with Gasteiger partial charge in [-0.2, -0.15) is 0 Å². The van der Waals surface area contributed by atoms with E-state index in [-0.39, 0.29) is 65.2 Å². The second kappa shape index (κ2) is 42.3. The molecular weight excluding hydrogens is 1990 g/mol. The molecule has 0 spiro atoms. The van der Waals surface area contributed by atoms with E-state index in [2.05, 4.69) is 48.2 Å². The van der Waals surface area contributed by atoms with Gasteiger partial charge in [0.25, 0.3) is 22.2 Å². The monoisotopic (exact) mass is 2060 g/mol. The fourth-order valence-electron chi connectivity index (χ4n) is 14.2. The van der Waals surface area contributed by atoms with E-state index in [1.54, 1.807) is 36.4 Å². The van der Waals surface area contributed by atoms with Crippen molar-refractivity contribution < 1.29 is 199 Å². The van der Waals surface area contributed by atoms with E-state index in [0.29, 0.717) is 47.1 Å². The number of hydrogen-bond donors (Lipinski definition) is 16. The van der Waals surface area contributed by atoms with Crippen LogP contribution < -0.4 is 63.9 Å². The maximum Gasteiger partial charge on any atom is 0.573 e. The first-order valence-electron chi connectivity index (χ1n) is 38.9. The minimum Gasteiger partial charge on any atom is -0.497 e.